The Morgan fingerprint density at radius 3 is 2.85 bits per heavy atom. The molecule has 1 aliphatic heterocycles. The van der Waals surface area contributed by atoms with Crippen molar-refractivity contribution in [2.24, 2.45) is 11.1 Å². The number of sulfonamides is 1. The van der Waals surface area contributed by atoms with Crippen LogP contribution in [0.3, 0.4) is 0 Å². The number of nitroso groups, excluding NO2 is 1. The first-order valence-electron chi connectivity index (χ1n) is 11.2. The molecule has 176 valence electrons. The highest BCUT2D eigenvalue weighted by atomic mass is 32.2. The lowest BCUT2D eigenvalue weighted by Crippen LogP contribution is -2.25. The van der Waals surface area contributed by atoms with Gasteiger partial charge in [0.25, 0.3) is 0 Å². The summed E-state index contributed by atoms with van der Waals surface area (Å²) >= 11 is 3.73. The summed E-state index contributed by atoms with van der Waals surface area (Å²) in [5, 5.41) is 7.21. The van der Waals surface area contributed by atoms with E-state index in [1.165, 1.54) is 27.5 Å². The van der Waals surface area contributed by atoms with Gasteiger partial charge < -0.3 is 5.32 Å². The van der Waals surface area contributed by atoms with Gasteiger partial charge in [0.1, 0.15) is 10.6 Å². The molecule has 0 bridgehead atoms. The quantitative estimate of drug-likeness (QED) is 0.318. The van der Waals surface area contributed by atoms with E-state index in [4.69, 9.17) is 4.98 Å². The highest BCUT2D eigenvalue weighted by Gasteiger charge is 2.25. The van der Waals surface area contributed by atoms with Crippen molar-refractivity contribution in [2.45, 2.75) is 43.9 Å². The number of fused-ring (bicyclic) bond motifs is 2. The van der Waals surface area contributed by atoms with Gasteiger partial charge in [-0.3, -0.25) is 0 Å². The second-order valence-corrected chi connectivity index (χ2v) is 12.1. The van der Waals surface area contributed by atoms with Crippen LogP contribution in [0.15, 0.2) is 51.4 Å². The maximum atomic E-state index is 12.4. The van der Waals surface area contributed by atoms with E-state index in [-0.39, 0.29) is 10.6 Å². The first-order valence-corrected chi connectivity index (χ1v) is 14.5. The van der Waals surface area contributed by atoms with Crippen molar-refractivity contribution in [1.29, 1.82) is 0 Å². The zero-order valence-electron chi connectivity index (χ0n) is 18.5. The van der Waals surface area contributed by atoms with Gasteiger partial charge in [0.05, 0.1) is 5.69 Å². The number of hydrogen-bond donors (Lipinski definition) is 2. The van der Waals surface area contributed by atoms with Gasteiger partial charge >= 0.3 is 0 Å². The number of rotatable bonds is 10. The van der Waals surface area contributed by atoms with Crippen LogP contribution in [0.25, 0.3) is 5.57 Å². The first-order chi connectivity index (χ1) is 16.0. The average molecular weight is 505 g/mol. The molecular weight excluding hydrogens is 476 g/mol. The summed E-state index contributed by atoms with van der Waals surface area (Å²) in [6.45, 7) is 3.41. The fourth-order valence-corrected chi connectivity index (χ4v) is 7.55. The van der Waals surface area contributed by atoms with Crippen LogP contribution in [0, 0.1) is 10.8 Å². The number of allylic oxidation sites excluding steroid dienone is 4. The normalized spacial score (nSPS) is 17.9. The number of thiazole rings is 1. The van der Waals surface area contributed by atoms with Crippen LogP contribution in [0.5, 0.6) is 0 Å². The average Bonchev–Trinajstić information content (AvgIpc) is 3.13. The Bertz CT molecular complexity index is 1170. The van der Waals surface area contributed by atoms with Gasteiger partial charge in [0, 0.05) is 29.3 Å². The summed E-state index contributed by atoms with van der Waals surface area (Å²) in [6.07, 6.45) is 9.15. The van der Waals surface area contributed by atoms with Crippen molar-refractivity contribution >= 4 is 49.5 Å². The van der Waals surface area contributed by atoms with Crippen molar-refractivity contribution in [3.05, 3.63) is 56.8 Å². The number of thioether (sulfide) groups is 1. The topological polar surface area (TPSA) is 101 Å². The number of aromatic nitrogens is 1. The van der Waals surface area contributed by atoms with Gasteiger partial charge in [0.2, 0.25) is 10.0 Å². The maximum absolute atomic E-state index is 12.4. The van der Waals surface area contributed by atoms with Crippen LogP contribution in [-0.4, -0.2) is 32.2 Å². The van der Waals surface area contributed by atoms with Crippen molar-refractivity contribution in [1.82, 2.24) is 9.71 Å². The lowest BCUT2D eigenvalue weighted by molar-refractivity contribution is 0.575. The highest BCUT2D eigenvalue weighted by molar-refractivity contribution is 8.03. The van der Waals surface area contributed by atoms with Crippen LogP contribution in [0.2, 0.25) is 0 Å². The first kappa shape index (κ1) is 24.1. The molecule has 0 fully saturated rings. The third-order valence-electron chi connectivity index (χ3n) is 5.70. The summed E-state index contributed by atoms with van der Waals surface area (Å²) < 4.78 is 27.3. The number of unbranched alkanes of at least 4 members (excludes halogenated alkanes) is 2. The maximum Gasteiger partial charge on any atom is 0.242 e. The van der Waals surface area contributed by atoms with Crippen molar-refractivity contribution in [3.63, 3.8) is 0 Å². The number of hydrogen-bond acceptors (Lipinski definition) is 8. The molecule has 2 heterocycles. The van der Waals surface area contributed by atoms with Crippen molar-refractivity contribution < 1.29 is 8.42 Å². The molecule has 2 aromatic rings. The Morgan fingerprint density at radius 2 is 2.00 bits per heavy atom. The number of nitrogens with zero attached hydrogens (tertiary/aromatic N) is 2. The van der Waals surface area contributed by atoms with Gasteiger partial charge in [0.15, 0.2) is 5.13 Å². The van der Waals surface area contributed by atoms with Crippen molar-refractivity contribution in [3.8, 4) is 0 Å². The summed E-state index contributed by atoms with van der Waals surface area (Å²) in [7, 11) is -3.74. The molecule has 0 spiro atoms. The molecule has 33 heavy (non-hydrogen) atoms. The third-order valence-corrected chi connectivity index (χ3v) is 9.62. The summed E-state index contributed by atoms with van der Waals surface area (Å²) in [4.78, 5) is 18.5. The van der Waals surface area contributed by atoms with E-state index in [2.05, 4.69) is 34.3 Å². The Balaban J connectivity index is 1.23. The van der Waals surface area contributed by atoms with Gasteiger partial charge in [-0.1, -0.05) is 37.6 Å². The molecule has 1 aromatic carbocycles. The molecule has 1 aliphatic carbocycles. The largest absolute Gasteiger partial charge is 0.361 e. The van der Waals surface area contributed by atoms with E-state index >= 15 is 0 Å². The molecule has 1 atom stereocenters. The minimum absolute atomic E-state index is 0.0734. The molecule has 2 aliphatic rings. The van der Waals surface area contributed by atoms with E-state index in [0.29, 0.717) is 18.9 Å². The molecule has 0 saturated carbocycles. The standard InChI is InChI=1S/C23H28N4O3S3/c1-16-8-7-9-17-21-19(12-15-31-22(16)17)32-23(26-21)24-13-5-2-6-14-25-33(29,30)20-11-4-3-10-18(20)27-28/h3-4,7,9-11,16,25H,2,5-6,8,12-15H2,1H3,(H,24,26). The lowest BCUT2D eigenvalue weighted by atomic mass is 9.95. The van der Waals surface area contributed by atoms with E-state index in [1.807, 2.05) is 11.8 Å². The minimum Gasteiger partial charge on any atom is -0.361 e. The number of anilines is 1. The summed E-state index contributed by atoms with van der Waals surface area (Å²) in [6, 6.07) is 5.95. The predicted octanol–water partition coefficient (Wildman–Crippen LogP) is 5.70. The van der Waals surface area contributed by atoms with Crippen molar-refractivity contribution in [2.75, 3.05) is 24.2 Å². The van der Waals surface area contributed by atoms with Gasteiger partial charge in [-0.2, -0.15) is 0 Å². The fraction of sp³-hybridized carbons (Fsp3) is 0.435. The zero-order chi connectivity index (χ0) is 23.3. The van der Waals surface area contributed by atoms with Crippen LogP contribution < -0.4 is 10.0 Å². The molecule has 0 saturated heterocycles. The molecule has 4 rings (SSSR count). The Hall–Kier alpha value is -2.01. The monoisotopic (exact) mass is 504 g/mol. The Labute approximate surface area is 203 Å². The van der Waals surface area contributed by atoms with Crippen LogP contribution in [-0.2, 0) is 16.4 Å². The van der Waals surface area contributed by atoms with E-state index in [0.717, 1.165) is 48.8 Å². The molecule has 0 amide bonds. The predicted molar refractivity (Wildman–Crippen MR) is 138 cm³/mol. The number of aryl methyl sites for hydroxylation is 1. The van der Waals surface area contributed by atoms with Crippen LogP contribution in [0.1, 0.15) is 43.2 Å². The zero-order valence-corrected chi connectivity index (χ0v) is 21.0. The lowest BCUT2D eigenvalue weighted by Gasteiger charge is -2.19. The molecule has 10 heteroatoms. The second kappa shape index (κ2) is 10.9. The third kappa shape index (κ3) is 5.74. The molecule has 2 N–H and O–H groups in total. The minimum atomic E-state index is -3.74. The smallest absolute Gasteiger partial charge is 0.242 e. The molecule has 1 unspecified atom stereocenters. The highest BCUT2D eigenvalue weighted by Crippen LogP contribution is 2.43. The van der Waals surface area contributed by atoms with Gasteiger partial charge in [-0.25, -0.2) is 18.1 Å². The molecule has 7 nitrogen and oxygen atoms in total. The summed E-state index contributed by atoms with van der Waals surface area (Å²) in [5.74, 6) is 1.68. The van der Waals surface area contributed by atoms with Gasteiger partial charge in [-0.05, 0) is 53.8 Å². The fourth-order valence-electron chi connectivity index (χ4n) is 3.99. The Morgan fingerprint density at radius 1 is 1.18 bits per heavy atom. The van der Waals surface area contributed by atoms with Gasteiger partial charge in [-0.15, -0.1) is 28.0 Å². The summed E-state index contributed by atoms with van der Waals surface area (Å²) in [5.41, 5.74) is 2.37. The SMILES string of the molecule is CC1CC=CC2=C1SCCc1sc(NCCCCCNS(=O)(=O)c3ccccc3N=O)nc12. The molecule has 0 radical (unpaired) electrons. The van der Waals surface area contributed by atoms with E-state index in [9.17, 15) is 13.3 Å². The number of benzene rings is 1. The Kier molecular flexibility index (Phi) is 8.00. The van der Waals surface area contributed by atoms with E-state index in [1.54, 1.807) is 23.5 Å². The number of nitrogens with one attached hydrogen (secondary N) is 2. The second-order valence-electron chi connectivity index (χ2n) is 8.15. The molecular formula is C23H28N4O3S3. The molecule has 1 aromatic heterocycles. The van der Waals surface area contributed by atoms with Crippen LogP contribution in [0.4, 0.5) is 10.8 Å². The van der Waals surface area contributed by atoms with E-state index < -0.39 is 10.0 Å². The van der Waals surface area contributed by atoms with Crippen LogP contribution >= 0.6 is 23.1 Å².